The molecule has 6 heteroatoms. The fourth-order valence-corrected chi connectivity index (χ4v) is 2.58. The number of nitrogens with zero attached hydrogens (tertiary/aromatic N) is 3. The van der Waals surface area contributed by atoms with E-state index in [-0.39, 0.29) is 5.75 Å². The van der Waals surface area contributed by atoms with Gasteiger partial charge in [0.05, 0.1) is 11.9 Å². The molecule has 0 amide bonds. The van der Waals surface area contributed by atoms with Crippen LogP contribution in [0.25, 0.3) is 11.0 Å². The third-order valence-corrected chi connectivity index (χ3v) is 4.67. The zero-order valence-corrected chi connectivity index (χ0v) is 13.0. The van der Waals surface area contributed by atoms with Gasteiger partial charge in [0, 0.05) is 20.1 Å². The Bertz CT molecular complexity index is 575. The molecular weight excluding hydrogens is 258 g/mol. The minimum Gasteiger partial charge on any atom is -0.506 e. The average molecular weight is 279 g/mol. The van der Waals surface area contributed by atoms with Crippen molar-refractivity contribution in [1.82, 2.24) is 14.8 Å². The van der Waals surface area contributed by atoms with Crippen molar-refractivity contribution >= 4 is 19.1 Å². The number of aryl methyl sites for hydroxylation is 1. The standard InChI is InChI=1S/C13H21N3O2Si/c1-10-12-7-11(17)8-14-13(12)16(15-10)9-18-5-6-19(2,3)4/h7-8,17H,5-6,9H2,1-4H3. The maximum Gasteiger partial charge on any atom is 0.160 e. The fraction of sp³-hybridized carbons (Fsp3) is 0.538. The van der Waals surface area contributed by atoms with E-state index in [2.05, 4.69) is 29.7 Å². The van der Waals surface area contributed by atoms with Crippen molar-refractivity contribution in [3.63, 3.8) is 0 Å². The van der Waals surface area contributed by atoms with Gasteiger partial charge in [-0.15, -0.1) is 0 Å². The summed E-state index contributed by atoms with van der Waals surface area (Å²) in [5.41, 5.74) is 1.61. The van der Waals surface area contributed by atoms with Gasteiger partial charge in [0.1, 0.15) is 12.5 Å². The van der Waals surface area contributed by atoms with Gasteiger partial charge in [-0.3, -0.25) is 0 Å². The maximum absolute atomic E-state index is 9.44. The van der Waals surface area contributed by atoms with Crippen molar-refractivity contribution in [1.29, 1.82) is 0 Å². The van der Waals surface area contributed by atoms with Crippen molar-refractivity contribution < 1.29 is 9.84 Å². The molecule has 0 spiro atoms. The van der Waals surface area contributed by atoms with Crippen LogP contribution in [-0.4, -0.2) is 34.6 Å². The first-order valence-electron chi connectivity index (χ1n) is 6.47. The number of aromatic hydroxyl groups is 1. The van der Waals surface area contributed by atoms with Gasteiger partial charge in [-0.05, 0) is 19.0 Å². The molecule has 1 N–H and O–H groups in total. The molecule has 0 saturated heterocycles. The number of rotatable bonds is 5. The molecule has 0 aliphatic rings. The maximum atomic E-state index is 9.44. The van der Waals surface area contributed by atoms with Gasteiger partial charge < -0.3 is 9.84 Å². The van der Waals surface area contributed by atoms with Gasteiger partial charge in [-0.25, -0.2) is 9.67 Å². The zero-order valence-electron chi connectivity index (χ0n) is 12.0. The Morgan fingerprint density at radius 1 is 1.37 bits per heavy atom. The molecule has 2 rings (SSSR count). The van der Waals surface area contributed by atoms with E-state index >= 15 is 0 Å². The van der Waals surface area contributed by atoms with Gasteiger partial charge in [0.15, 0.2) is 5.65 Å². The lowest BCUT2D eigenvalue weighted by atomic mass is 10.3. The smallest absolute Gasteiger partial charge is 0.160 e. The first kappa shape index (κ1) is 14.0. The highest BCUT2D eigenvalue weighted by molar-refractivity contribution is 6.76. The number of ether oxygens (including phenoxy) is 1. The van der Waals surface area contributed by atoms with Crippen LogP contribution in [0, 0.1) is 6.92 Å². The van der Waals surface area contributed by atoms with Crippen molar-refractivity contribution in [3.05, 3.63) is 18.0 Å². The van der Waals surface area contributed by atoms with Crippen LogP contribution in [0.5, 0.6) is 5.75 Å². The van der Waals surface area contributed by atoms with Crippen LogP contribution < -0.4 is 0 Å². The lowest BCUT2D eigenvalue weighted by Gasteiger charge is -2.15. The van der Waals surface area contributed by atoms with E-state index < -0.39 is 8.07 Å². The average Bonchev–Trinajstić information content (AvgIpc) is 2.60. The minimum absolute atomic E-state index is 0.162. The molecule has 0 fully saturated rings. The van der Waals surface area contributed by atoms with Crippen molar-refractivity contribution in [2.24, 2.45) is 0 Å². The fourth-order valence-electron chi connectivity index (χ4n) is 1.82. The number of aromatic nitrogens is 3. The van der Waals surface area contributed by atoms with E-state index in [9.17, 15) is 5.11 Å². The lowest BCUT2D eigenvalue weighted by molar-refractivity contribution is 0.0810. The predicted octanol–water partition coefficient (Wildman–Crippen LogP) is 2.76. The van der Waals surface area contributed by atoms with Crippen LogP contribution in [0.15, 0.2) is 12.3 Å². The molecule has 2 aromatic heterocycles. The molecule has 0 aliphatic carbocycles. The Morgan fingerprint density at radius 3 is 2.79 bits per heavy atom. The van der Waals surface area contributed by atoms with Crippen LogP contribution >= 0.6 is 0 Å². The molecule has 0 saturated carbocycles. The summed E-state index contributed by atoms with van der Waals surface area (Å²) in [6, 6.07) is 2.82. The van der Waals surface area contributed by atoms with Crippen LogP contribution in [-0.2, 0) is 11.5 Å². The summed E-state index contributed by atoms with van der Waals surface area (Å²) in [5, 5.41) is 14.7. The number of pyridine rings is 1. The van der Waals surface area contributed by atoms with Gasteiger partial charge in [0.2, 0.25) is 0 Å². The highest BCUT2D eigenvalue weighted by Crippen LogP contribution is 2.20. The molecule has 2 heterocycles. The van der Waals surface area contributed by atoms with Gasteiger partial charge in [-0.2, -0.15) is 5.10 Å². The molecule has 5 nitrogen and oxygen atoms in total. The number of hydrogen-bond acceptors (Lipinski definition) is 4. The van der Waals surface area contributed by atoms with Crippen molar-refractivity contribution in [3.8, 4) is 5.75 Å². The van der Waals surface area contributed by atoms with E-state index in [4.69, 9.17) is 4.74 Å². The topological polar surface area (TPSA) is 60.2 Å². The monoisotopic (exact) mass is 279 g/mol. The second-order valence-corrected chi connectivity index (χ2v) is 11.6. The Labute approximate surface area is 114 Å². The molecule has 0 atom stereocenters. The molecule has 2 aromatic rings. The van der Waals surface area contributed by atoms with E-state index in [1.54, 1.807) is 10.7 Å². The van der Waals surface area contributed by atoms with Gasteiger partial charge in [-0.1, -0.05) is 19.6 Å². The van der Waals surface area contributed by atoms with E-state index in [0.29, 0.717) is 6.73 Å². The molecule has 0 radical (unpaired) electrons. The lowest BCUT2D eigenvalue weighted by Crippen LogP contribution is -2.22. The second-order valence-electron chi connectivity index (χ2n) is 6.00. The van der Waals surface area contributed by atoms with Crippen LogP contribution in [0.4, 0.5) is 0 Å². The summed E-state index contributed by atoms with van der Waals surface area (Å²) in [4.78, 5) is 4.21. The summed E-state index contributed by atoms with van der Waals surface area (Å²) in [7, 11) is -1.05. The molecule has 0 aliphatic heterocycles. The number of hydrogen-bond donors (Lipinski definition) is 1. The predicted molar refractivity (Wildman–Crippen MR) is 78.0 cm³/mol. The van der Waals surface area contributed by atoms with Crippen LogP contribution in [0.2, 0.25) is 25.7 Å². The summed E-state index contributed by atoms with van der Waals surface area (Å²) >= 11 is 0. The minimum atomic E-state index is -1.05. The van der Waals surface area contributed by atoms with Crippen molar-refractivity contribution in [2.45, 2.75) is 39.3 Å². The third kappa shape index (κ3) is 3.54. The highest BCUT2D eigenvalue weighted by Gasteiger charge is 2.13. The Hall–Kier alpha value is -1.40. The number of fused-ring (bicyclic) bond motifs is 1. The zero-order chi connectivity index (χ0) is 14.0. The molecule has 19 heavy (non-hydrogen) atoms. The quantitative estimate of drug-likeness (QED) is 0.675. The summed E-state index contributed by atoms with van der Waals surface area (Å²) < 4.78 is 7.42. The largest absolute Gasteiger partial charge is 0.506 e. The van der Waals surface area contributed by atoms with Crippen LogP contribution in [0.1, 0.15) is 5.69 Å². The molecule has 104 valence electrons. The Morgan fingerprint density at radius 2 is 2.11 bits per heavy atom. The molecule has 0 bridgehead atoms. The van der Waals surface area contributed by atoms with Crippen molar-refractivity contribution in [2.75, 3.05) is 6.61 Å². The van der Waals surface area contributed by atoms with E-state index in [0.717, 1.165) is 29.4 Å². The Kier molecular flexibility index (Phi) is 3.91. The van der Waals surface area contributed by atoms with Crippen LogP contribution in [0.3, 0.4) is 0 Å². The summed E-state index contributed by atoms with van der Waals surface area (Å²) in [5.74, 6) is 0.162. The molecule has 0 unspecified atom stereocenters. The van der Waals surface area contributed by atoms with E-state index in [1.165, 1.54) is 6.20 Å². The van der Waals surface area contributed by atoms with E-state index in [1.807, 2.05) is 6.92 Å². The summed E-state index contributed by atoms with van der Waals surface area (Å²) in [6.45, 7) is 10.1. The highest BCUT2D eigenvalue weighted by atomic mass is 28.3. The van der Waals surface area contributed by atoms with Gasteiger partial charge in [0.25, 0.3) is 0 Å². The second kappa shape index (κ2) is 5.30. The normalized spacial score (nSPS) is 12.2. The summed E-state index contributed by atoms with van der Waals surface area (Å²) in [6.07, 6.45) is 1.43. The van der Waals surface area contributed by atoms with Gasteiger partial charge >= 0.3 is 0 Å². The third-order valence-electron chi connectivity index (χ3n) is 2.97. The molecule has 0 aromatic carbocycles. The first-order valence-corrected chi connectivity index (χ1v) is 10.2. The first-order chi connectivity index (χ1) is 8.87. The Balaban J connectivity index is 2.05. The molecular formula is C13H21N3O2Si. The SMILES string of the molecule is Cc1nn(COCC[Si](C)(C)C)c2ncc(O)cc12.